The zero-order chi connectivity index (χ0) is 14.3. The lowest BCUT2D eigenvalue weighted by molar-refractivity contribution is 0.0285. The number of hydrogen-bond acceptors (Lipinski definition) is 4. The standard InChI is InChI=1S/C13H19ClN2O3/c1-4-10-5-9(6-12(14)16-10)13(17)15-7-11(19-3)8-18-2/h5-6,11H,4,7-8H2,1-3H3,(H,15,17). The summed E-state index contributed by atoms with van der Waals surface area (Å²) in [7, 11) is 3.17. The molecular weight excluding hydrogens is 268 g/mol. The van der Waals surface area contributed by atoms with Crippen molar-refractivity contribution in [2.75, 3.05) is 27.4 Å². The van der Waals surface area contributed by atoms with Crippen molar-refractivity contribution in [1.82, 2.24) is 10.3 Å². The molecule has 1 unspecified atom stereocenters. The Labute approximate surface area is 118 Å². The Balaban J connectivity index is 2.65. The molecule has 0 bridgehead atoms. The first-order chi connectivity index (χ1) is 9.10. The highest BCUT2D eigenvalue weighted by Crippen LogP contribution is 2.11. The Hall–Kier alpha value is -1.17. The molecule has 1 heterocycles. The van der Waals surface area contributed by atoms with Gasteiger partial charge in [0, 0.05) is 32.0 Å². The highest BCUT2D eigenvalue weighted by molar-refractivity contribution is 6.29. The van der Waals surface area contributed by atoms with E-state index in [2.05, 4.69) is 10.3 Å². The Kier molecular flexibility index (Phi) is 6.77. The maximum atomic E-state index is 12.0. The molecule has 1 atom stereocenters. The van der Waals surface area contributed by atoms with Crippen molar-refractivity contribution in [2.45, 2.75) is 19.4 Å². The number of nitrogens with zero attached hydrogens (tertiary/aromatic N) is 1. The summed E-state index contributed by atoms with van der Waals surface area (Å²) in [6.07, 6.45) is 0.558. The van der Waals surface area contributed by atoms with Gasteiger partial charge < -0.3 is 14.8 Å². The highest BCUT2D eigenvalue weighted by atomic mass is 35.5. The number of hydrogen-bond donors (Lipinski definition) is 1. The van der Waals surface area contributed by atoms with Gasteiger partial charge in [-0.2, -0.15) is 0 Å². The molecule has 0 aromatic carbocycles. The molecular formula is C13H19ClN2O3. The number of carbonyl (C=O) groups is 1. The van der Waals surface area contributed by atoms with Gasteiger partial charge in [0.2, 0.25) is 0 Å². The maximum absolute atomic E-state index is 12.0. The second kappa shape index (κ2) is 8.09. The van der Waals surface area contributed by atoms with Crippen molar-refractivity contribution in [3.63, 3.8) is 0 Å². The predicted octanol–water partition coefficient (Wildman–Crippen LogP) is 1.69. The van der Waals surface area contributed by atoms with Crippen molar-refractivity contribution in [2.24, 2.45) is 0 Å². The number of amides is 1. The average molecular weight is 287 g/mol. The lowest BCUT2D eigenvalue weighted by Gasteiger charge is -2.15. The fraction of sp³-hybridized carbons (Fsp3) is 0.538. The minimum atomic E-state index is -0.197. The molecule has 106 valence electrons. The molecule has 0 fully saturated rings. The smallest absolute Gasteiger partial charge is 0.251 e. The van der Waals surface area contributed by atoms with Crippen LogP contribution in [0.3, 0.4) is 0 Å². The fourth-order valence-corrected chi connectivity index (χ4v) is 1.79. The van der Waals surface area contributed by atoms with Gasteiger partial charge in [0.15, 0.2) is 0 Å². The van der Waals surface area contributed by atoms with Crippen molar-refractivity contribution in [3.8, 4) is 0 Å². The molecule has 1 rings (SSSR count). The number of aromatic nitrogens is 1. The minimum Gasteiger partial charge on any atom is -0.382 e. The number of nitrogens with one attached hydrogen (secondary N) is 1. The van der Waals surface area contributed by atoms with E-state index in [0.29, 0.717) is 23.9 Å². The molecule has 0 aliphatic carbocycles. The molecule has 0 spiro atoms. The Morgan fingerprint density at radius 1 is 1.47 bits per heavy atom. The van der Waals surface area contributed by atoms with Crippen molar-refractivity contribution >= 4 is 17.5 Å². The Morgan fingerprint density at radius 2 is 2.21 bits per heavy atom. The monoisotopic (exact) mass is 286 g/mol. The van der Waals surface area contributed by atoms with Crippen LogP contribution in [-0.2, 0) is 15.9 Å². The third-order valence-electron chi connectivity index (χ3n) is 2.65. The lowest BCUT2D eigenvalue weighted by Crippen LogP contribution is -2.35. The van der Waals surface area contributed by atoms with Crippen LogP contribution in [0, 0.1) is 0 Å². The lowest BCUT2D eigenvalue weighted by atomic mass is 10.2. The van der Waals surface area contributed by atoms with Crippen LogP contribution in [0.4, 0.5) is 0 Å². The molecule has 1 N–H and O–H groups in total. The normalized spacial score (nSPS) is 12.2. The molecule has 6 heteroatoms. The van der Waals surface area contributed by atoms with Gasteiger partial charge in [0.25, 0.3) is 5.91 Å². The van der Waals surface area contributed by atoms with Crippen LogP contribution in [0.2, 0.25) is 5.15 Å². The predicted molar refractivity (Wildman–Crippen MR) is 73.6 cm³/mol. The summed E-state index contributed by atoms with van der Waals surface area (Å²) in [5, 5.41) is 3.11. The Bertz CT molecular complexity index is 426. The van der Waals surface area contributed by atoms with Gasteiger partial charge >= 0.3 is 0 Å². The second-order valence-corrected chi connectivity index (χ2v) is 4.43. The molecule has 19 heavy (non-hydrogen) atoms. The van der Waals surface area contributed by atoms with Gasteiger partial charge in [0.1, 0.15) is 5.15 Å². The van der Waals surface area contributed by atoms with E-state index in [1.165, 1.54) is 0 Å². The van der Waals surface area contributed by atoms with Crippen molar-refractivity contribution in [3.05, 3.63) is 28.5 Å². The van der Waals surface area contributed by atoms with Gasteiger partial charge in [-0.15, -0.1) is 0 Å². The number of ether oxygens (including phenoxy) is 2. The molecule has 0 saturated carbocycles. The first-order valence-electron chi connectivity index (χ1n) is 6.07. The molecule has 1 amide bonds. The molecule has 5 nitrogen and oxygen atoms in total. The number of pyridine rings is 1. The van der Waals surface area contributed by atoms with E-state index >= 15 is 0 Å². The summed E-state index contributed by atoms with van der Waals surface area (Å²) < 4.78 is 10.1. The summed E-state index contributed by atoms with van der Waals surface area (Å²) in [5.41, 5.74) is 1.29. The van der Waals surface area contributed by atoms with Gasteiger partial charge in [-0.25, -0.2) is 4.98 Å². The molecule has 1 aromatic rings. The molecule has 0 aliphatic rings. The average Bonchev–Trinajstić information content (AvgIpc) is 2.42. The maximum Gasteiger partial charge on any atom is 0.251 e. The number of carbonyl (C=O) groups excluding carboxylic acids is 1. The van der Waals surface area contributed by atoms with Gasteiger partial charge in [0.05, 0.1) is 12.7 Å². The first kappa shape index (κ1) is 15.9. The molecule has 0 aliphatic heterocycles. The summed E-state index contributed by atoms with van der Waals surface area (Å²) in [6.45, 7) is 2.76. The summed E-state index contributed by atoms with van der Waals surface area (Å²) in [4.78, 5) is 16.1. The zero-order valence-electron chi connectivity index (χ0n) is 11.4. The highest BCUT2D eigenvalue weighted by Gasteiger charge is 2.12. The van der Waals surface area contributed by atoms with Crippen LogP contribution in [0.5, 0.6) is 0 Å². The van der Waals surface area contributed by atoms with Crippen LogP contribution in [0.25, 0.3) is 0 Å². The van der Waals surface area contributed by atoms with Crippen LogP contribution in [-0.4, -0.2) is 44.4 Å². The first-order valence-corrected chi connectivity index (χ1v) is 6.44. The summed E-state index contributed by atoms with van der Waals surface area (Å²) in [5.74, 6) is -0.197. The fourth-order valence-electron chi connectivity index (χ4n) is 1.57. The van der Waals surface area contributed by atoms with E-state index in [1.807, 2.05) is 6.92 Å². The largest absolute Gasteiger partial charge is 0.382 e. The van der Waals surface area contributed by atoms with Gasteiger partial charge in [-0.3, -0.25) is 4.79 Å². The SMILES string of the molecule is CCc1cc(C(=O)NCC(COC)OC)cc(Cl)n1. The number of halogens is 1. The van der Waals surface area contributed by atoms with Crippen LogP contribution in [0.1, 0.15) is 23.0 Å². The summed E-state index contributed by atoms with van der Waals surface area (Å²) >= 11 is 5.88. The second-order valence-electron chi connectivity index (χ2n) is 4.05. The van der Waals surface area contributed by atoms with Crippen molar-refractivity contribution in [1.29, 1.82) is 0 Å². The van der Waals surface area contributed by atoms with E-state index in [-0.39, 0.29) is 12.0 Å². The zero-order valence-corrected chi connectivity index (χ0v) is 12.2. The van der Waals surface area contributed by atoms with Gasteiger partial charge in [-0.05, 0) is 18.6 Å². The van der Waals surface area contributed by atoms with E-state index in [1.54, 1.807) is 26.4 Å². The number of methoxy groups -OCH3 is 2. The van der Waals surface area contributed by atoms with E-state index < -0.39 is 0 Å². The topological polar surface area (TPSA) is 60.5 Å². The van der Waals surface area contributed by atoms with Crippen molar-refractivity contribution < 1.29 is 14.3 Å². The third-order valence-corrected chi connectivity index (χ3v) is 2.84. The van der Waals surface area contributed by atoms with E-state index in [9.17, 15) is 4.79 Å². The molecule has 1 aromatic heterocycles. The van der Waals surface area contributed by atoms with Crippen LogP contribution >= 0.6 is 11.6 Å². The molecule has 0 radical (unpaired) electrons. The molecule has 0 saturated heterocycles. The van der Waals surface area contributed by atoms with Gasteiger partial charge in [-0.1, -0.05) is 18.5 Å². The van der Waals surface area contributed by atoms with Crippen LogP contribution < -0.4 is 5.32 Å². The Morgan fingerprint density at radius 3 is 2.79 bits per heavy atom. The van der Waals surface area contributed by atoms with Crippen LogP contribution in [0.15, 0.2) is 12.1 Å². The minimum absolute atomic E-state index is 0.170. The van der Waals surface area contributed by atoms with E-state index in [4.69, 9.17) is 21.1 Å². The quantitative estimate of drug-likeness (QED) is 0.775. The van der Waals surface area contributed by atoms with E-state index in [0.717, 1.165) is 12.1 Å². The summed E-state index contributed by atoms with van der Waals surface area (Å²) in [6, 6.07) is 3.29. The number of aryl methyl sites for hydroxylation is 1. The third kappa shape index (κ3) is 5.14. The number of rotatable bonds is 7.